The molecule has 7 heteroatoms. The Morgan fingerprint density at radius 2 is 1.96 bits per heavy atom. The molecule has 1 spiro atoms. The minimum Gasteiger partial charge on any atom is -0.354 e. The number of rotatable bonds is 4. The van der Waals surface area contributed by atoms with Crippen LogP contribution in [0.15, 0.2) is 18.3 Å². The van der Waals surface area contributed by atoms with Crippen LogP contribution in [0.4, 0.5) is 5.82 Å². The van der Waals surface area contributed by atoms with E-state index in [0.29, 0.717) is 17.0 Å². The van der Waals surface area contributed by atoms with Gasteiger partial charge >= 0.3 is 0 Å². The fraction of sp³-hybridized carbons (Fsp3) is 0.684. The highest BCUT2D eigenvalue weighted by molar-refractivity contribution is 5.94. The molecule has 0 radical (unpaired) electrons. The monoisotopic (exact) mass is 402 g/mol. The molecule has 1 aromatic rings. The van der Waals surface area contributed by atoms with Crippen molar-refractivity contribution in [1.29, 1.82) is 0 Å². The SMILES string of the molecule is CCN(c1ccc(C(=O)N2CCC3(CCNC3)CC2)cn1)C(C)C.Cl.Cl. The van der Waals surface area contributed by atoms with E-state index in [4.69, 9.17) is 0 Å². The second-order valence-corrected chi connectivity index (χ2v) is 7.50. The lowest BCUT2D eigenvalue weighted by Crippen LogP contribution is -2.44. The van der Waals surface area contributed by atoms with Crippen LogP contribution in [0.5, 0.6) is 0 Å². The minimum atomic E-state index is 0. The number of piperidine rings is 1. The van der Waals surface area contributed by atoms with E-state index in [1.807, 2.05) is 17.0 Å². The molecular formula is C19H32Cl2N4O. The molecule has 2 aliphatic heterocycles. The van der Waals surface area contributed by atoms with Crippen molar-refractivity contribution < 1.29 is 4.79 Å². The molecule has 2 aliphatic rings. The summed E-state index contributed by atoms with van der Waals surface area (Å²) in [6.07, 6.45) is 5.24. The van der Waals surface area contributed by atoms with Gasteiger partial charge in [-0.25, -0.2) is 4.98 Å². The highest BCUT2D eigenvalue weighted by Crippen LogP contribution is 2.37. The Labute approximate surface area is 169 Å². The van der Waals surface area contributed by atoms with Crippen LogP contribution in [0.2, 0.25) is 0 Å². The van der Waals surface area contributed by atoms with Crippen LogP contribution < -0.4 is 10.2 Å². The largest absolute Gasteiger partial charge is 0.354 e. The fourth-order valence-electron chi connectivity index (χ4n) is 4.06. The van der Waals surface area contributed by atoms with Crippen molar-refractivity contribution in [2.75, 3.05) is 37.6 Å². The molecule has 1 N–H and O–H groups in total. The number of pyridine rings is 1. The van der Waals surface area contributed by atoms with Crippen LogP contribution in [0.25, 0.3) is 0 Å². The predicted molar refractivity (Wildman–Crippen MR) is 112 cm³/mol. The number of hydrogen-bond acceptors (Lipinski definition) is 4. The normalized spacial score (nSPS) is 18.4. The lowest BCUT2D eigenvalue weighted by Gasteiger charge is -2.38. The third kappa shape index (κ3) is 4.81. The summed E-state index contributed by atoms with van der Waals surface area (Å²) in [5, 5.41) is 3.47. The Kier molecular flexibility index (Phi) is 8.64. The lowest BCUT2D eigenvalue weighted by atomic mass is 9.78. The number of nitrogens with zero attached hydrogens (tertiary/aromatic N) is 3. The fourth-order valence-corrected chi connectivity index (χ4v) is 4.06. The van der Waals surface area contributed by atoms with Gasteiger partial charge in [-0.1, -0.05) is 0 Å². The maximum Gasteiger partial charge on any atom is 0.255 e. The van der Waals surface area contributed by atoms with Crippen molar-refractivity contribution in [3.8, 4) is 0 Å². The highest BCUT2D eigenvalue weighted by Gasteiger charge is 2.38. The molecule has 26 heavy (non-hydrogen) atoms. The minimum absolute atomic E-state index is 0. The van der Waals surface area contributed by atoms with Crippen molar-refractivity contribution in [2.45, 2.75) is 46.1 Å². The number of aromatic nitrogens is 1. The summed E-state index contributed by atoms with van der Waals surface area (Å²) in [7, 11) is 0. The van der Waals surface area contributed by atoms with E-state index in [0.717, 1.165) is 51.4 Å². The molecule has 0 atom stereocenters. The molecule has 0 saturated carbocycles. The quantitative estimate of drug-likeness (QED) is 0.838. The topological polar surface area (TPSA) is 48.5 Å². The second kappa shape index (κ2) is 9.77. The maximum absolute atomic E-state index is 12.7. The molecule has 0 aliphatic carbocycles. The summed E-state index contributed by atoms with van der Waals surface area (Å²) >= 11 is 0. The van der Waals surface area contributed by atoms with Gasteiger partial charge in [0, 0.05) is 38.4 Å². The number of carbonyl (C=O) groups excluding carboxylic acids is 1. The van der Waals surface area contributed by atoms with Gasteiger partial charge in [-0.15, -0.1) is 24.8 Å². The zero-order chi connectivity index (χ0) is 17.2. The summed E-state index contributed by atoms with van der Waals surface area (Å²) in [6, 6.07) is 4.31. The number of nitrogens with one attached hydrogen (secondary N) is 1. The van der Waals surface area contributed by atoms with E-state index >= 15 is 0 Å². The number of hydrogen-bond donors (Lipinski definition) is 1. The van der Waals surface area contributed by atoms with Gasteiger partial charge in [-0.3, -0.25) is 4.79 Å². The van der Waals surface area contributed by atoms with E-state index in [1.165, 1.54) is 6.42 Å². The van der Waals surface area contributed by atoms with Gasteiger partial charge < -0.3 is 15.1 Å². The van der Waals surface area contributed by atoms with Gasteiger partial charge in [0.2, 0.25) is 0 Å². The van der Waals surface area contributed by atoms with Gasteiger partial charge in [0.1, 0.15) is 5.82 Å². The van der Waals surface area contributed by atoms with Crippen LogP contribution in [0.1, 0.15) is 50.4 Å². The molecule has 3 rings (SSSR count). The van der Waals surface area contributed by atoms with Crippen LogP contribution >= 0.6 is 24.8 Å². The summed E-state index contributed by atoms with van der Waals surface area (Å²) in [5.74, 6) is 1.07. The van der Waals surface area contributed by atoms with Crippen LogP contribution in [-0.4, -0.2) is 54.6 Å². The van der Waals surface area contributed by atoms with Crippen LogP contribution in [0.3, 0.4) is 0 Å². The van der Waals surface area contributed by atoms with Crippen molar-refractivity contribution in [1.82, 2.24) is 15.2 Å². The second-order valence-electron chi connectivity index (χ2n) is 7.50. The Morgan fingerprint density at radius 3 is 2.42 bits per heavy atom. The van der Waals surface area contributed by atoms with Gasteiger partial charge in [0.25, 0.3) is 5.91 Å². The van der Waals surface area contributed by atoms with E-state index in [2.05, 4.69) is 36.0 Å². The molecule has 148 valence electrons. The summed E-state index contributed by atoms with van der Waals surface area (Å²) < 4.78 is 0. The van der Waals surface area contributed by atoms with E-state index in [-0.39, 0.29) is 30.7 Å². The Balaban J connectivity index is 0.00000169. The van der Waals surface area contributed by atoms with E-state index < -0.39 is 0 Å². The third-order valence-corrected chi connectivity index (χ3v) is 5.70. The summed E-state index contributed by atoms with van der Waals surface area (Å²) in [4.78, 5) is 21.5. The van der Waals surface area contributed by atoms with E-state index in [1.54, 1.807) is 6.20 Å². The first-order valence-electron chi connectivity index (χ1n) is 9.27. The lowest BCUT2D eigenvalue weighted by molar-refractivity contribution is 0.0607. The van der Waals surface area contributed by atoms with Gasteiger partial charge in [-0.2, -0.15) is 0 Å². The molecular weight excluding hydrogens is 371 g/mol. The van der Waals surface area contributed by atoms with Crippen molar-refractivity contribution in [3.63, 3.8) is 0 Å². The molecule has 0 bridgehead atoms. The first-order valence-corrected chi connectivity index (χ1v) is 9.27. The number of halogens is 2. The molecule has 2 fully saturated rings. The van der Waals surface area contributed by atoms with Gasteiger partial charge in [-0.05, 0) is 64.1 Å². The molecule has 0 aromatic carbocycles. The number of amides is 1. The number of carbonyl (C=O) groups is 1. The third-order valence-electron chi connectivity index (χ3n) is 5.70. The molecule has 2 saturated heterocycles. The van der Waals surface area contributed by atoms with Crippen molar-refractivity contribution in [2.24, 2.45) is 5.41 Å². The Morgan fingerprint density at radius 1 is 1.27 bits per heavy atom. The Hall–Kier alpha value is -1.04. The first-order chi connectivity index (χ1) is 11.5. The van der Waals surface area contributed by atoms with Crippen LogP contribution in [-0.2, 0) is 0 Å². The van der Waals surface area contributed by atoms with E-state index in [9.17, 15) is 4.79 Å². The molecule has 0 unspecified atom stereocenters. The average molecular weight is 403 g/mol. The van der Waals surface area contributed by atoms with Crippen molar-refractivity contribution in [3.05, 3.63) is 23.9 Å². The zero-order valence-electron chi connectivity index (χ0n) is 16.0. The molecule has 1 aromatic heterocycles. The number of anilines is 1. The molecule has 3 heterocycles. The zero-order valence-corrected chi connectivity index (χ0v) is 17.7. The average Bonchev–Trinajstić information content (AvgIpc) is 3.04. The van der Waals surface area contributed by atoms with Gasteiger partial charge in [0.05, 0.1) is 5.56 Å². The highest BCUT2D eigenvalue weighted by atomic mass is 35.5. The Bertz CT molecular complexity index is 563. The first kappa shape index (κ1) is 23.0. The standard InChI is InChI=1S/C19H30N4O.2ClH/c1-4-23(15(2)3)17-6-5-16(13-21-17)18(24)22-11-8-19(9-12-22)7-10-20-14-19;;/h5-6,13,15,20H,4,7-12,14H2,1-3H3;2*1H. The van der Waals surface area contributed by atoms with Gasteiger partial charge in [0.15, 0.2) is 0 Å². The smallest absolute Gasteiger partial charge is 0.255 e. The summed E-state index contributed by atoms with van der Waals surface area (Å²) in [6.45, 7) is 11.3. The molecule has 1 amide bonds. The maximum atomic E-state index is 12.7. The van der Waals surface area contributed by atoms with Crippen LogP contribution in [0, 0.1) is 5.41 Å². The van der Waals surface area contributed by atoms with Crippen molar-refractivity contribution >= 4 is 36.5 Å². The number of likely N-dealkylation sites (tertiary alicyclic amines) is 1. The predicted octanol–water partition coefficient (Wildman–Crippen LogP) is 3.38. The molecule has 5 nitrogen and oxygen atoms in total. The summed E-state index contributed by atoms with van der Waals surface area (Å²) in [5.41, 5.74) is 1.15.